The number of hydrogen-bond donors (Lipinski definition) is 2. The van der Waals surface area contributed by atoms with E-state index < -0.39 is 20.0 Å². The molecule has 0 bridgehead atoms. The lowest BCUT2D eigenvalue weighted by molar-refractivity contribution is -0.870. The summed E-state index contributed by atoms with van der Waals surface area (Å²) in [6, 6.07) is -0.853. The number of allylic oxidation sites excluding steroid dienone is 7. The fraction of sp³-hybridized carbons (Fsp3) is 0.853. The van der Waals surface area contributed by atoms with Crippen LogP contribution in [0.15, 0.2) is 48.6 Å². The van der Waals surface area contributed by atoms with Crippen molar-refractivity contribution in [1.29, 1.82) is 0 Å². The maximum atomic E-state index is 13.5. The van der Waals surface area contributed by atoms with Gasteiger partial charge in [0.15, 0.2) is 0 Å². The fourth-order valence-electron chi connectivity index (χ4n) is 9.94. The van der Waals surface area contributed by atoms with Crippen LogP contribution in [-0.2, 0) is 27.9 Å². The van der Waals surface area contributed by atoms with Crippen molar-refractivity contribution < 1.29 is 37.3 Å². The second kappa shape index (κ2) is 58.2. The Labute approximate surface area is 484 Å². The van der Waals surface area contributed by atoms with E-state index in [2.05, 4.69) is 62.5 Å². The zero-order chi connectivity index (χ0) is 57.2. The van der Waals surface area contributed by atoms with Gasteiger partial charge in [-0.1, -0.05) is 307 Å². The van der Waals surface area contributed by atoms with Crippen LogP contribution in [0.5, 0.6) is 0 Å². The van der Waals surface area contributed by atoms with Crippen molar-refractivity contribution in [3.05, 3.63) is 48.6 Å². The van der Waals surface area contributed by atoms with Crippen LogP contribution in [0.4, 0.5) is 0 Å². The molecule has 2 N–H and O–H groups in total. The topological polar surface area (TPSA) is 111 Å². The molecule has 10 heteroatoms. The third-order valence-corrected chi connectivity index (χ3v) is 16.1. The van der Waals surface area contributed by atoms with Crippen molar-refractivity contribution in [2.24, 2.45) is 0 Å². The lowest BCUT2D eigenvalue weighted by Gasteiger charge is -2.27. The Hall–Kier alpha value is -2.03. The minimum Gasteiger partial charge on any atom is -0.456 e. The highest BCUT2D eigenvalue weighted by Crippen LogP contribution is 2.43. The number of hydrogen-bond acceptors (Lipinski definition) is 6. The summed E-state index contributed by atoms with van der Waals surface area (Å²) in [4.78, 5) is 37.8. The third-order valence-electron chi connectivity index (χ3n) is 15.1. The summed E-state index contributed by atoms with van der Waals surface area (Å²) < 4.78 is 30.7. The first-order chi connectivity index (χ1) is 37.9. The fourth-order valence-corrected chi connectivity index (χ4v) is 10.7. The van der Waals surface area contributed by atoms with Crippen LogP contribution >= 0.6 is 7.82 Å². The molecule has 3 unspecified atom stereocenters. The molecule has 1 amide bonds. The molecule has 0 aliphatic rings. The Morgan fingerprint density at radius 2 is 0.821 bits per heavy atom. The van der Waals surface area contributed by atoms with Gasteiger partial charge in [0.1, 0.15) is 19.3 Å². The van der Waals surface area contributed by atoms with E-state index in [1.54, 1.807) is 0 Å². The van der Waals surface area contributed by atoms with Crippen molar-refractivity contribution >= 4 is 19.7 Å². The molecule has 0 spiro atoms. The highest BCUT2D eigenvalue weighted by atomic mass is 31.2. The molecule has 78 heavy (non-hydrogen) atoms. The number of esters is 1. The summed E-state index contributed by atoms with van der Waals surface area (Å²) in [7, 11) is 1.50. The first kappa shape index (κ1) is 76.0. The second-order valence-electron chi connectivity index (χ2n) is 24.0. The van der Waals surface area contributed by atoms with E-state index >= 15 is 0 Å². The number of carbonyl (C=O) groups excluding carboxylic acids is 2. The van der Waals surface area contributed by atoms with E-state index in [0.717, 1.165) is 77.0 Å². The molecule has 0 rings (SSSR count). The molecule has 0 saturated carbocycles. The smallest absolute Gasteiger partial charge is 0.456 e. The van der Waals surface area contributed by atoms with Crippen LogP contribution < -0.4 is 5.32 Å². The number of carbonyl (C=O) groups is 2. The van der Waals surface area contributed by atoms with Gasteiger partial charge < -0.3 is 19.4 Å². The van der Waals surface area contributed by atoms with Crippen molar-refractivity contribution in [1.82, 2.24) is 5.32 Å². The van der Waals surface area contributed by atoms with Gasteiger partial charge in [-0.25, -0.2) is 4.57 Å². The largest absolute Gasteiger partial charge is 0.472 e. The first-order valence-corrected chi connectivity index (χ1v) is 35.0. The molecular weight excluding hydrogens is 988 g/mol. The van der Waals surface area contributed by atoms with E-state index in [9.17, 15) is 19.0 Å². The normalized spacial score (nSPS) is 13.9. The Morgan fingerprint density at radius 3 is 1.22 bits per heavy atom. The van der Waals surface area contributed by atoms with E-state index in [-0.39, 0.29) is 25.1 Å². The SMILES string of the molecule is CC/C=C/C=C/C=C/CCCCCCCCCC(=O)NC(COP(=O)(O)OCC[N+](C)(C)C)C(/C=C\CCCCCCCCCCCC)OC(=O)CCCCCCCCCCCCCCCCCCCCCCCCCCC. The van der Waals surface area contributed by atoms with Crippen molar-refractivity contribution in [2.45, 2.75) is 335 Å². The maximum absolute atomic E-state index is 13.5. The number of amides is 1. The second-order valence-corrected chi connectivity index (χ2v) is 25.5. The lowest BCUT2D eigenvalue weighted by atomic mass is 10.0. The van der Waals surface area contributed by atoms with Crippen molar-refractivity contribution in [3.8, 4) is 0 Å². The number of likely N-dealkylation sites (N-methyl/N-ethyl adjacent to an activating group) is 1. The summed E-state index contributed by atoms with van der Waals surface area (Å²) in [6.45, 7) is 6.91. The molecule has 458 valence electrons. The number of unbranched alkanes of at least 4 members (excludes halogenated alkanes) is 41. The zero-order valence-electron chi connectivity index (χ0n) is 52.4. The molecule has 3 atom stereocenters. The van der Waals surface area contributed by atoms with Gasteiger partial charge in [-0.05, 0) is 51.0 Å². The number of ether oxygens (including phenoxy) is 1. The molecule has 0 aromatic rings. The molecule has 9 nitrogen and oxygen atoms in total. The molecule has 0 aromatic heterocycles. The van der Waals surface area contributed by atoms with Gasteiger partial charge in [0.2, 0.25) is 5.91 Å². The number of quaternary nitrogens is 1. The summed E-state index contributed by atoms with van der Waals surface area (Å²) in [6.07, 6.45) is 72.7. The van der Waals surface area contributed by atoms with Gasteiger partial charge in [-0.2, -0.15) is 0 Å². The zero-order valence-corrected chi connectivity index (χ0v) is 53.3. The van der Waals surface area contributed by atoms with Gasteiger partial charge in [0, 0.05) is 12.8 Å². The molecular formula is C68H130N2O7P+. The van der Waals surface area contributed by atoms with E-state index in [0.29, 0.717) is 23.9 Å². The molecule has 0 radical (unpaired) electrons. The summed E-state index contributed by atoms with van der Waals surface area (Å²) in [5.41, 5.74) is 0. The van der Waals surface area contributed by atoms with Crippen LogP contribution in [0.2, 0.25) is 0 Å². The van der Waals surface area contributed by atoms with Gasteiger partial charge >= 0.3 is 13.8 Å². The number of phosphoric ester groups is 1. The predicted octanol–water partition coefficient (Wildman–Crippen LogP) is 20.8. The number of rotatable bonds is 61. The number of phosphoric acid groups is 1. The standard InChI is InChI=1S/C68H129N2O7P/c1-7-10-13-16-19-22-25-28-30-31-32-33-34-35-36-37-38-39-41-43-46-49-52-55-58-61-68(72)77-66(59-56-53-50-47-44-27-24-21-18-15-12-9-3)65(64-76-78(73,74)75-63-62-70(4,5)6)69-67(71)60-57-54-51-48-45-42-40-29-26-23-20-17-14-11-8-2/h11,14,17,20,23,26,56,59,65-66H,7-10,12-13,15-16,18-19,21-22,24-25,27-55,57-58,60-64H2,1-6H3,(H-,69,71,73,74)/p+1/b14-11+,20-17+,26-23+,59-56-. The third kappa shape index (κ3) is 58.6. The number of nitrogens with zero attached hydrogens (tertiary/aromatic N) is 1. The van der Waals surface area contributed by atoms with Crippen LogP contribution in [-0.4, -0.2) is 74.3 Å². The van der Waals surface area contributed by atoms with Gasteiger partial charge in [0.25, 0.3) is 0 Å². The molecule has 0 aliphatic carbocycles. The Bertz CT molecular complexity index is 1470. The Morgan fingerprint density at radius 1 is 0.462 bits per heavy atom. The van der Waals surface area contributed by atoms with E-state index in [1.165, 1.54) is 212 Å². The van der Waals surface area contributed by atoms with Crippen LogP contribution in [0.1, 0.15) is 323 Å². The van der Waals surface area contributed by atoms with Gasteiger partial charge in [-0.3, -0.25) is 18.6 Å². The van der Waals surface area contributed by atoms with Crippen molar-refractivity contribution in [2.75, 3.05) is 40.9 Å². The molecule has 0 fully saturated rings. The van der Waals surface area contributed by atoms with E-state index in [1.807, 2.05) is 33.3 Å². The molecule has 0 heterocycles. The minimum absolute atomic E-state index is 0.0386. The quantitative estimate of drug-likeness (QED) is 0.0156. The first-order valence-electron chi connectivity index (χ1n) is 33.5. The summed E-state index contributed by atoms with van der Waals surface area (Å²) >= 11 is 0. The van der Waals surface area contributed by atoms with Crippen LogP contribution in [0.25, 0.3) is 0 Å². The monoisotopic (exact) mass is 1120 g/mol. The minimum atomic E-state index is -4.45. The van der Waals surface area contributed by atoms with Crippen LogP contribution in [0.3, 0.4) is 0 Å². The van der Waals surface area contributed by atoms with Crippen molar-refractivity contribution in [3.63, 3.8) is 0 Å². The van der Waals surface area contributed by atoms with E-state index in [4.69, 9.17) is 13.8 Å². The molecule has 0 aliphatic heterocycles. The predicted molar refractivity (Wildman–Crippen MR) is 337 cm³/mol. The Balaban J connectivity index is 5.05. The lowest BCUT2D eigenvalue weighted by Crippen LogP contribution is -2.47. The highest BCUT2D eigenvalue weighted by Gasteiger charge is 2.30. The average molecular weight is 1120 g/mol. The summed E-state index contributed by atoms with van der Waals surface area (Å²) in [5.74, 6) is -0.506. The maximum Gasteiger partial charge on any atom is 0.472 e. The van der Waals surface area contributed by atoms with Gasteiger partial charge in [0.05, 0.1) is 33.8 Å². The average Bonchev–Trinajstić information content (AvgIpc) is 3.40. The Kier molecular flexibility index (Phi) is 56.7. The highest BCUT2D eigenvalue weighted by molar-refractivity contribution is 7.47. The summed E-state index contributed by atoms with van der Waals surface area (Å²) in [5, 5.41) is 3.06. The molecule has 0 aromatic carbocycles. The van der Waals surface area contributed by atoms with Gasteiger partial charge in [-0.15, -0.1) is 0 Å². The molecule has 0 saturated heterocycles. The van der Waals surface area contributed by atoms with Crippen LogP contribution in [0, 0.1) is 0 Å². The number of nitrogens with one attached hydrogen (secondary N) is 1.